The molecule has 10 heteroatoms. The number of nitrogens with one attached hydrogen (secondary N) is 2. The van der Waals surface area contributed by atoms with E-state index in [1.54, 1.807) is 17.3 Å². The molecule has 3 aromatic rings. The van der Waals surface area contributed by atoms with Crippen LogP contribution in [0.4, 0.5) is 36.6 Å². The van der Waals surface area contributed by atoms with E-state index >= 15 is 0 Å². The zero-order valence-electron chi connectivity index (χ0n) is 15.9. The van der Waals surface area contributed by atoms with Crippen molar-refractivity contribution < 1.29 is 13.6 Å². The van der Waals surface area contributed by atoms with Gasteiger partial charge in [0.2, 0.25) is 0 Å². The molecular weight excluding hydrogens is 392 g/mol. The van der Waals surface area contributed by atoms with Crippen molar-refractivity contribution in [2.45, 2.75) is 0 Å². The van der Waals surface area contributed by atoms with Gasteiger partial charge in [-0.25, -0.2) is 13.6 Å². The molecule has 4 rings (SSSR count). The minimum absolute atomic E-state index is 0.176. The molecule has 8 nitrogen and oxygen atoms in total. The van der Waals surface area contributed by atoms with E-state index in [0.717, 1.165) is 23.9 Å². The number of hydrogen-bond acceptors (Lipinski definition) is 6. The van der Waals surface area contributed by atoms with E-state index in [1.807, 2.05) is 29.2 Å². The number of urea groups is 1. The van der Waals surface area contributed by atoms with Crippen LogP contribution in [0, 0.1) is 11.6 Å². The van der Waals surface area contributed by atoms with Gasteiger partial charge in [0.1, 0.15) is 11.6 Å². The first kappa shape index (κ1) is 19.5. The quantitative estimate of drug-likeness (QED) is 0.686. The van der Waals surface area contributed by atoms with Crippen molar-refractivity contribution in [2.75, 3.05) is 41.7 Å². The minimum atomic E-state index is -0.682. The van der Waals surface area contributed by atoms with Crippen molar-refractivity contribution in [3.05, 3.63) is 66.5 Å². The fourth-order valence-corrected chi connectivity index (χ4v) is 3.07. The van der Waals surface area contributed by atoms with E-state index in [4.69, 9.17) is 0 Å². The molecule has 30 heavy (non-hydrogen) atoms. The first-order valence-electron chi connectivity index (χ1n) is 9.35. The maximum absolute atomic E-state index is 13.7. The molecule has 0 spiro atoms. The summed E-state index contributed by atoms with van der Waals surface area (Å²) in [5, 5.41) is 13.9. The lowest BCUT2D eigenvalue weighted by molar-refractivity contribution is 0.208. The van der Waals surface area contributed by atoms with Gasteiger partial charge < -0.3 is 20.4 Å². The van der Waals surface area contributed by atoms with E-state index < -0.39 is 17.7 Å². The van der Waals surface area contributed by atoms with Crippen molar-refractivity contribution in [2.24, 2.45) is 0 Å². The number of nitrogens with zero attached hydrogens (tertiary/aromatic N) is 5. The van der Waals surface area contributed by atoms with Crippen LogP contribution in [0.2, 0.25) is 0 Å². The maximum atomic E-state index is 13.7. The Morgan fingerprint density at radius 2 is 1.83 bits per heavy atom. The largest absolute Gasteiger partial charge is 0.352 e. The van der Waals surface area contributed by atoms with Gasteiger partial charge in [0.15, 0.2) is 11.6 Å². The van der Waals surface area contributed by atoms with E-state index in [9.17, 15) is 13.6 Å². The number of carbonyl (C=O) groups is 1. The molecule has 0 saturated carbocycles. The molecule has 1 aromatic carbocycles. The highest BCUT2D eigenvalue weighted by Gasteiger charge is 2.23. The van der Waals surface area contributed by atoms with E-state index in [1.165, 1.54) is 0 Å². The second-order valence-corrected chi connectivity index (χ2v) is 6.67. The summed E-state index contributed by atoms with van der Waals surface area (Å²) in [7, 11) is 0. The number of amides is 2. The molecule has 2 amide bonds. The zero-order chi connectivity index (χ0) is 20.9. The van der Waals surface area contributed by atoms with Gasteiger partial charge in [-0.05, 0) is 36.4 Å². The van der Waals surface area contributed by atoms with Gasteiger partial charge in [0.25, 0.3) is 0 Å². The average Bonchev–Trinajstić information content (AvgIpc) is 2.78. The third-order valence-electron chi connectivity index (χ3n) is 4.65. The number of anilines is 4. The highest BCUT2D eigenvalue weighted by Crippen LogP contribution is 2.19. The van der Waals surface area contributed by atoms with Gasteiger partial charge in [0.05, 0.1) is 17.6 Å². The lowest BCUT2D eigenvalue weighted by atomic mass is 10.3. The third-order valence-corrected chi connectivity index (χ3v) is 4.65. The smallest absolute Gasteiger partial charge is 0.322 e. The Morgan fingerprint density at radius 1 is 1.00 bits per heavy atom. The van der Waals surface area contributed by atoms with Crippen molar-refractivity contribution >= 4 is 29.0 Å². The van der Waals surface area contributed by atoms with Crippen molar-refractivity contribution in [3.8, 4) is 0 Å². The molecule has 2 aromatic heterocycles. The molecule has 0 bridgehead atoms. The summed E-state index contributed by atoms with van der Waals surface area (Å²) in [6, 6.07) is 9.84. The van der Waals surface area contributed by atoms with Crippen molar-refractivity contribution in [1.29, 1.82) is 0 Å². The van der Waals surface area contributed by atoms with Gasteiger partial charge in [0, 0.05) is 38.4 Å². The Bertz CT molecular complexity index is 1010. The maximum Gasteiger partial charge on any atom is 0.322 e. The van der Waals surface area contributed by atoms with Gasteiger partial charge in [-0.3, -0.25) is 4.98 Å². The van der Waals surface area contributed by atoms with Crippen LogP contribution in [0.15, 0.2) is 54.9 Å². The normalized spacial score (nSPS) is 13.8. The number of hydrogen-bond donors (Lipinski definition) is 2. The Labute approximate surface area is 171 Å². The Kier molecular flexibility index (Phi) is 5.64. The molecule has 1 fully saturated rings. The first-order valence-corrected chi connectivity index (χ1v) is 9.35. The molecule has 1 saturated heterocycles. The number of carbonyl (C=O) groups excluding carboxylic acids is 1. The summed E-state index contributed by atoms with van der Waals surface area (Å²) >= 11 is 0. The Balaban J connectivity index is 1.31. The van der Waals surface area contributed by atoms with Crippen LogP contribution < -0.4 is 15.5 Å². The number of pyridine rings is 1. The number of benzene rings is 1. The lowest BCUT2D eigenvalue weighted by Gasteiger charge is -2.35. The second-order valence-electron chi connectivity index (χ2n) is 6.67. The summed E-state index contributed by atoms with van der Waals surface area (Å²) < 4.78 is 27.0. The van der Waals surface area contributed by atoms with E-state index in [-0.39, 0.29) is 5.69 Å². The molecule has 0 radical (unpaired) electrons. The standard InChI is InChI=1S/C20H19F2N7O/c21-14-3-4-16(22)17(12-14)25-20(30)29-10-8-28(9-11-29)19-6-5-18(26-27-19)24-15-2-1-7-23-13-15/h1-7,12-13H,8-11H2,(H,24,26)(H,25,30). The van der Waals surface area contributed by atoms with Gasteiger partial charge in [-0.2, -0.15) is 0 Å². The van der Waals surface area contributed by atoms with Gasteiger partial charge in [-0.15, -0.1) is 10.2 Å². The average molecular weight is 411 g/mol. The number of aromatic nitrogens is 3. The summed E-state index contributed by atoms with van der Waals surface area (Å²) in [6.07, 6.45) is 3.38. The van der Waals surface area contributed by atoms with Crippen LogP contribution in [0.25, 0.3) is 0 Å². The van der Waals surface area contributed by atoms with Crippen LogP contribution in [0.1, 0.15) is 0 Å². The van der Waals surface area contributed by atoms with Crippen LogP contribution in [0.5, 0.6) is 0 Å². The molecule has 0 unspecified atom stereocenters. The highest BCUT2D eigenvalue weighted by atomic mass is 19.1. The summed E-state index contributed by atoms with van der Waals surface area (Å²) in [5.41, 5.74) is 0.638. The molecular formula is C20H19F2N7O. The van der Waals surface area contributed by atoms with E-state index in [2.05, 4.69) is 25.8 Å². The molecule has 3 heterocycles. The Hall–Kier alpha value is -3.82. The fraction of sp³-hybridized carbons (Fsp3) is 0.200. The topological polar surface area (TPSA) is 86.3 Å². The van der Waals surface area contributed by atoms with Crippen LogP contribution in [-0.4, -0.2) is 52.3 Å². The minimum Gasteiger partial charge on any atom is -0.352 e. The second kappa shape index (κ2) is 8.68. The third kappa shape index (κ3) is 4.59. The molecule has 1 aliphatic heterocycles. The number of rotatable bonds is 4. The molecule has 0 atom stereocenters. The van der Waals surface area contributed by atoms with E-state index in [0.29, 0.717) is 37.8 Å². The van der Waals surface area contributed by atoms with Crippen LogP contribution in [0.3, 0.4) is 0 Å². The monoisotopic (exact) mass is 411 g/mol. The number of halogens is 2. The highest BCUT2D eigenvalue weighted by molar-refractivity contribution is 5.89. The van der Waals surface area contributed by atoms with Crippen LogP contribution >= 0.6 is 0 Å². The van der Waals surface area contributed by atoms with Crippen LogP contribution in [-0.2, 0) is 0 Å². The molecule has 1 aliphatic rings. The number of piperazine rings is 1. The summed E-state index contributed by atoms with van der Waals surface area (Å²) in [6.45, 7) is 1.92. The van der Waals surface area contributed by atoms with Gasteiger partial charge >= 0.3 is 6.03 Å². The molecule has 154 valence electrons. The first-order chi connectivity index (χ1) is 14.6. The van der Waals surface area contributed by atoms with Crippen molar-refractivity contribution in [1.82, 2.24) is 20.1 Å². The molecule has 2 N–H and O–H groups in total. The van der Waals surface area contributed by atoms with Crippen molar-refractivity contribution in [3.63, 3.8) is 0 Å². The predicted molar refractivity (Wildman–Crippen MR) is 109 cm³/mol. The van der Waals surface area contributed by atoms with Gasteiger partial charge in [-0.1, -0.05) is 0 Å². The summed E-state index contributed by atoms with van der Waals surface area (Å²) in [5.74, 6) is 0.0000506. The predicted octanol–water partition coefficient (Wildman–Crippen LogP) is 3.25. The summed E-state index contributed by atoms with van der Waals surface area (Å²) in [4.78, 5) is 19.9. The lowest BCUT2D eigenvalue weighted by Crippen LogP contribution is -2.50. The Morgan fingerprint density at radius 3 is 2.53 bits per heavy atom. The SMILES string of the molecule is O=C(Nc1cc(F)ccc1F)N1CCN(c2ccc(Nc3cccnc3)nn2)CC1. The molecule has 0 aliphatic carbocycles. The zero-order valence-corrected chi connectivity index (χ0v) is 15.9. The fourth-order valence-electron chi connectivity index (χ4n) is 3.07.